The van der Waals surface area contributed by atoms with E-state index < -0.39 is 0 Å². The zero-order valence-electron chi connectivity index (χ0n) is 9.67. The van der Waals surface area contributed by atoms with Crippen molar-refractivity contribution in [3.05, 3.63) is 0 Å². The Kier molecular flexibility index (Phi) is 7.12. The van der Waals surface area contributed by atoms with Gasteiger partial charge < -0.3 is 0 Å². The zero-order valence-corrected chi connectivity index (χ0v) is 11.4. The molecule has 0 aromatic carbocycles. The Morgan fingerprint density at radius 3 is 2.73 bits per heavy atom. The molecule has 1 aliphatic heterocycles. The first-order valence-corrected chi connectivity index (χ1v) is 8.23. The van der Waals surface area contributed by atoms with Crippen molar-refractivity contribution in [2.75, 3.05) is 0 Å². The summed E-state index contributed by atoms with van der Waals surface area (Å²) in [7, 11) is 0. The predicted molar refractivity (Wildman–Crippen MR) is 63.4 cm³/mol. The van der Waals surface area contributed by atoms with Gasteiger partial charge in [0.2, 0.25) is 0 Å². The van der Waals surface area contributed by atoms with Crippen LogP contribution in [0.5, 0.6) is 0 Å². The van der Waals surface area contributed by atoms with Crippen molar-refractivity contribution in [3.63, 3.8) is 0 Å². The third-order valence-electron chi connectivity index (χ3n) is 2.80. The minimum atomic E-state index is 0.0738. The molecule has 1 heterocycles. The quantitative estimate of drug-likeness (QED) is 0.523. The van der Waals surface area contributed by atoms with E-state index in [0.29, 0.717) is 0 Å². The van der Waals surface area contributed by atoms with Gasteiger partial charge in [0.25, 0.3) is 0 Å². The second-order valence-electron chi connectivity index (χ2n) is 4.18. The molecule has 1 unspecified atom stereocenters. The average molecular weight is 277 g/mol. The third-order valence-corrected chi connectivity index (χ3v) is 4.42. The molecule has 0 amide bonds. The molecule has 0 N–H and O–H groups in total. The van der Waals surface area contributed by atoms with Crippen molar-refractivity contribution >= 4 is 19.8 Å². The Labute approximate surface area is 99.3 Å². The first kappa shape index (κ1) is 13.1. The van der Waals surface area contributed by atoms with Crippen LogP contribution >= 0.6 is 0 Å². The molecule has 1 rings (SSSR count). The molecule has 0 aromatic heterocycles. The molecule has 1 atom stereocenters. The molecule has 0 aliphatic carbocycles. The Morgan fingerprint density at radius 2 is 2.00 bits per heavy atom. The van der Waals surface area contributed by atoms with Gasteiger partial charge in [-0.1, -0.05) is 0 Å². The van der Waals surface area contributed by atoms with Crippen LogP contribution in [0, 0.1) is 0 Å². The Morgan fingerprint density at radius 1 is 1.27 bits per heavy atom. The van der Waals surface area contributed by atoms with Gasteiger partial charge >= 0.3 is 99.1 Å². The van der Waals surface area contributed by atoms with Crippen LogP contribution in [0.2, 0.25) is 5.32 Å². The zero-order chi connectivity index (χ0) is 10.9. The Balaban J connectivity index is 1.92. The third kappa shape index (κ3) is 6.21. The van der Waals surface area contributed by atoms with Crippen molar-refractivity contribution in [1.29, 1.82) is 0 Å². The number of unbranched alkanes of at least 4 members (excludes halogenated alkanes) is 5. The number of rotatable bonds is 7. The van der Waals surface area contributed by atoms with Gasteiger partial charge in [0.1, 0.15) is 0 Å². The monoisotopic (exact) mass is 278 g/mol. The fourth-order valence-electron chi connectivity index (χ4n) is 1.86. The van der Waals surface area contributed by atoms with Gasteiger partial charge in [0.05, 0.1) is 0 Å². The van der Waals surface area contributed by atoms with Crippen molar-refractivity contribution in [3.8, 4) is 0 Å². The number of hydrogen-bond acceptors (Lipinski definition) is 2. The fourth-order valence-corrected chi connectivity index (χ4v) is 3.44. The molecule has 0 radical (unpaired) electrons. The van der Waals surface area contributed by atoms with E-state index in [1.165, 1.54) is 38.5 Å². The van der Waals surface area contributed by atoms with Crippen LogP contribution in [0.4, 0.5) is 4.79 Å². The summed E-state index contributed by atoms with van der Waals surface area (Å²) >= 11 is 0.123. The standard InChI is InChI=1S/C12H22O2Se/c1-2-3-4-5-6-7-8-11-9-10-15-12(13)14-11/h11H,2-10H2,1H3. The van der Waals surface area contributed by atoms with Gasteiger partial charge in [-0.25, -0.2) is 0 Å². The van der Waals surface area contributed by atoms with E-state index in [0.717, 1.165) is 18.2 Å². The van der Waals surface area contributed by atoms with E-state index in [1.54, 1.807) is 0 Å². The molecule has 3 heteroatoms. The van der Waals surface area contributed by atoms with Crippen LogP contribution < -0.4 is 0 Å². The van der Waals surface area contributed by atoms with Gasteiger partial charge in [-0.2, -0.15) is 0 Å². The van der Waals surface area contributed by atoms with Crippen LogP contribution in [-0.2, 0) is 4.74 Å². The normalized spacial score (nSPS) is 21.4. The topological polar surface area (TPSA) is 26.3 Å². The number of hydrogen-bond donors (Lipinski definition) is 0. The van der Waals surface area contributed by atoms with Crippen LogP contribution in [0.15, 0.2) is 0 Å². The van der Waals surface area contributed by atoms with E-state index in [-0.39, 0.29) is 25.9 Å². The van der Waals surface area contributed by atoms with E-state index in [9.17, 15) is 4.79 Å². The summed E-state index contributed by atoms with van der Waals surface area (Å²) in [6.07, 6.45) is 10.4. The molecular weight excluding hydrogens is 255 g/mol. The second-order valence-corrected chi connectivity index (χ2v) is 6.34. The van der Waals surface area contributed by atoms with Gasteiger partial charge in [-0.3, -0.25) is 0 Å². The van der Waals surface area contributed by atoms with E-state index in [4.69, 9.17) is 4.74 Å². The molecule has 0 spiro atoms. The molecule has 2 nitrogen and oxygen atoms in total. The van der Waals surface area contributed by atoms with Crippen LogP contribution in [0.3, 0.4) is 0 Å². The fraction of sp³-hybridized carbons (Fsp3) is 0.917. The van der Waals surface area contributed by atoms with Crippen molar-refractivity contribution < 1.29 is 9.53 Å². The molecule has 1 saturated heterocycles. The summed E-state index contributed by atoms with van der Waals surface area (Å²) in [5.74, 6) is 0. The summed E-state index contributed by atoms with van der Waals surface area (Å²) in [5, 5.41) is 1.09. The number of cyclic esters (lactones) is 1. The van der Waals surface area contributed by atoms with Gasteiger partial charge in [0.15, 0.2) is 0 Å². The molecule has 15 heavy (non-hydrogen) atoms. The first-order chi connectivity index (χ1) is 7.33. The van der Waals surface area contributed by atoms with E-state index in [1.807, 2.05) is 0 Å². The molecule has 1 fully saturated rings. The summed E-state index contributed by atoms with van der Waals surface area (Å²) < 4.78 is 5.30. The van der Waals surface area contributed by atoms with Gasteiger partial charge in [-0.05, 0) is 0 Å². The van der Waals surface area contributed by atoms with Gasteiger partial charge in [-0.15, -0.1) is 0 Å². The number of carbonyl (C=O) groups excluding carboxylic acids is 1. The predicted octanol–water partition coefficient (Wildman–Crippen LogP) is 3.77. The summed E-state index contributed by atoms with van der Waals surface area (Å²) in [5.41, 5.74) is 0. The van der Waals surface area contributed by atoms with Crippen molar-refractivity contribution in [2.45, 2.75) is 69.7 Å². The second kappa shape index (κ2) is 8.18. The molecule has 88 valence electrons. The summed E-state index contributed by atoms with van der Waals surface area (Å²) in [6, 6.07) is 0. The van der Waals surface area contributed by atoms with Crippen LogP contribution in [0.25, 0.3) is 0 Å². The molecule has 0 saturated carbocycles. The van der Waals surface area contributed by atoms with E-state index in [2.05, 4.69) is 6.92 Å². The SMILES string of the molecule is CCCCCCCCC1CC[Se]C(=O)O1. The van der Waals surface area contributed by atoms with Crippen molar-refractivity contribution in [1.82, 2.24) is 0 Å². The Hall–Kier alpha value is -0.0105. The average Bonchev–Trinajstić information content (AvgIpc) is 2.23. The maximum absolute atomic E-state index is 11.1. The minimum absolute atomic E-state index is 0.0738. The van der Waals surface area contributed by atoms with E-state index >= 15 is 0 Å². The molecular formula is C12H22O2Se. The Bertz CT molecular complexity index is 182. The molecule has 0 bridgehead atoms. The van der Waals surface area contributed by atoms with Crippen molar-refractivity contribution in [2.24, 2.45) is 0 Å². The van der Waals surface area contributed by atoms with Crippen LogP contribution in [0.1, 0.15) is 58.3 Å². The summed E-state index contributed by atoms with van der Waals surface area (Å²) in [4.78, 5) is 11.1. The van der Waals surface area contributed by atoms with Crippen LogP contribution in [-0.4, -0.2) is 25.9 Å². The first-order valence-electron chi connectivity index (χ1n) is 6.16. The number of ether oxygens (including phenoxy) is 1. The summed E-state index contributed by atoms with van der Waals surface area (Å²) in [6.45, 7) is 2.24. The number of carbonyl (C=O) groups is 1. The van der Waals surface area contributed by atoms with Gasteiger partial charge in [0, 0.05) is 0 Å². The maximum atomic E-state index is 11.1. The molecule has 0 aromatic rings. The molecule has 1 aliphatic rings.